The van der Waals surface area contributed by atoms with Crippen LogP contribution in [0.25, 0.3) is 22.4 Å². The van der Waals surface area contributed by atoms with Gasteiger partial charge < -0.3 is 15.4 Å². The van der Waals surface area contributed by atoms with E-state index in [9.17, 15) is 9.90 Å². The van der Waals surface area contributed by atoms with Gasteiger partial charge in [-0.05, 0) is 37.3 Å². The molecule has 0 atom stereocenters. The zero-order valence-electron chi connectivity index (χ0n) is 12.1. The number of hydrogen-bond donors (Lipinski definition) is 3. The molecule has 22 heavy (non-hydrogen) atoms. The van der Waals surface area contributed by atoms with Crippen molar-refractivity contribution in [3.8, 4) is 17.1 Å². The predicted octanol–water partition coefficient (Wildman–Crippen LogP) is 3.45. The topological polar surface area (TPSA) is 78.0 Å². The standard InChI is InChI=1S/C17H15N3O2/c1-10(2)17(22)18-11-7-8-15(21)12(9-11)16-19-13-5-3-4-6-14(13)20-16/h3-9,21H,1H2,2H3,(H,18,22)(H,19,20). The number of carbonyl (C=O) groups is 1. The number of aromatic hydroxyl groups is 1. The Hall–Kier alpha value is -3.08. The first kappa shape index (κ1) is 13.9. The lowest BCUT2D eigenvalue weighted by Gasteiger charge is -2.07. The largest absolute Gasteiger partial charge is 0.507 e. The third-order valence-corrected chi connectivity index (χ3v) is 3.29. The molecule has 3 rings (SSSR count). The number of amides is 1. The van der Waals surface area contributed by atoms with Gasteiger partial charge in [0.15, 0.2) is 0 Å². The maximum absolute atomic E-state index is 11.7. The molecule has 1 heterocycles. The van der Waals surface area contributed by atoms with Gasteiger partial charge in [0.25, 0.3) is 5.91 Å². The summed E-state index contributed by atoms with van der Waals surface area (Å²) in [5.41, 5.74) is 3.21. The molecule has 0 aliphatic carbocycles. The number of imidazole rings is 1. The van der Waals surface area contributed by atoms with Crippen LogP contribution in [-0.2, 0) is 4.79 Å². The molecule has 0 saturated heterocycles. The van der Waals surface area contributed by atoms with Gasteiger partial charge in [-0.1, -0.05) is 18.7 Å². The normalized spacial score (nSPS) is 10.6. The Balaban J connectivity index is 2.02. The van der Waals surface area contributed by atoms with Gasteiger partial charge in [0.1, 0.15) is 11.6 Å². The number of fused-ring (bicyclic) bond motifs is 1. The minimum atomic E-state index is -0.263. The Bertz CT molecular complexity index is 847. The second kappa shape index (κ2) is 5.37. The number of para-hydroxylation sites is 2. The van der Waals surface area contributed by atoms with Crippen LogP contribution in [0.2, 0.25) is 0 Å². The highest BCUT2D eigenvalue weighted by molar-refractivity contribution is 6.03. The maximum Gasteiger partial charge on any atom is 0.250 e. The molecular weight excluding hydrogens is 278 g/mol. The number of carbonyl (C=O) groups excluding carboxylic acids is 1. The van der Waals surface area contributed by atoms with Gasteiger partial charge in [-0.25, -0.2) is 4.98 Å². The van der Waals surface area contributed by atoms with E-state index in [0.29, 0.717) is 22.6 Å². The summed E-state index contributed by atoms with van der Waals surface area (Å²) in [7, 11) is 0. The van der Waals surface area contributed by atoms with Gasteiger partial charge in [0.05, 0.1) is 16.6 Å². The third kappa shape index (κ3) is 2.56. The fraction of sp³-hybridized carbons (Fsp3) is 0.0588. The molecular formula is C17H15N3O2. The molecule has 0 saturated carbocycles. The highest BCUT2D eigenvalue weighted by atomic mass is 16.3. The number of nitrogens with one attached hydrogen (secondary N) is 2. The lowest BCUT2D eigenvalue weighted by Crippen LogP contribution is -2.11. The van der Waals surface area contributed by atoms with Crippen LogP contribution in [-0.4, -0.2) is 21.0 Å². The van der Waals surface area contributed by atoms with Crippen molar-refractivity contribution in [1.29, 1.82) is 0 Å². The average Bonchev–Trinajstić information content (AvgIpc) is 2.92. The second-order valence-corrected chi connectivity index (χ2v) is 5.07. The van der Waals surface area contributed by atoms with E-state index in [1.807, 2.05) is 24.3 Å². The molecule has 0 bridgehead atoms. The molecule has 0 fully saturated rings. The average molecular weight is 293 g/mol. The Labute approximate surface area is 127 Å². The quantitative estimate of drug-likeness (QED) is 0.511. The monoisotopic (exact) mass is 293 g/mol. The first-order valence-electron chi connectivity index (χ1n) is 6.79. The number of nitrogens with zero attached hydrogens (tertiary/aromatic N) is 1. The van der Waals surface area contributed by atoms with Crippen LogP contribution in [0.1, 0.15) is 6.92 Å². The van der Waals surface area contributed by atoms with Crippen molar-refractivity contribution < 1.29 is 9.90 Å². The molecule has 2 aromatic carbocycles. The van der Waals surface area contributed by atoms with Crippen LogP contribution in [0.5, 0.6) is 5.75 Å². The summed E-state index contributed by atoms with van der Waals surface area (Å²) in [5.74, 6) is 0.374. The molecule has 3 N–H and O–H groups in total. The van der Waals surface area contributed by atoms with E-state index < -0.39 is 0 Å². The number of H-pyrrole nitrogens is 1. The van der Waals surface area contributed by atoms with Crippen LogP contribution in [0, 0.1) is 0 Å². The SMILES string of the molecule is C=C(C)C(=O)Nc1ccc(O)c(-c2nc3ccccc3[nH]2)c1. The molecule has 3 aromatic rings. The van der Waals surface area contributed by atoms with E-state index in [0.717, 1.165) is 11.0 Å². The summed E-state index contributed by atoms with van der Waals surface area (Å²) in [4.78, 5) is 19.3. The van der Waals surface area contributed by atoms with Gasteiger partial charge in [-0.3, -0.25) is 4.79 Å². The molecule has 0 unspecified atom stereocenters. The van der Waals surface area contributed by atoms with Crippen molar-refractivity contribution in [2.24, 2.45) is 0 Å². The Morgan fingerprint density at radius 2 is 2.05 bits per heavy atom. The number of benzene rings is 2. The maximum atomic E-state index is 11.7. The van der Waals surface area contributed by atoms with Crippen molar-refractivity contribution in [2.75, 3.05) is 5.32 Å². The molecule has 1 aromatic heterocycles. The molecule has 5 heteroatoms. The third-order valence-electron chi connectivity index (χ3n) is 3.29. The van der Waals surface area contributed by atoms with Crippen molar-refractivity contribution in [2.45, 2.75) is 6.92 Å². The fourth-order valence-electron chi connectivity index (χ4n) is 2.12. The van der Waals surface area contributed by atoms with Gasteiger partial charge in [-0.2, -0.15) is 0 Å². The lowest BCUT2D eigenvalue weighted by molar-refractivity contribution is -0.112. The Kier molecular flexibility index (Phi) is 3.39. The summed E-state index contributed by atoms with van der Waals surface area (Å²) in [6.07, 6.45) is 0. The van der Waals surface area contributed by atoms with Crippen molar-refractivity contribution in [3.63, 3.8) is 0 Å². The number of aromatic nitrogens is 2. The predicted molar refractivity (Wildman–Crippen MR) is 86.6 cm³/mol. The Morgan fingerprint density at radius 1 is 1.27 bits per heavy atom. The first-order chi connectivity index (χ1) is 10.5. The minimum absolute atomic E-state index is 0.0902. The van der Waals surface area contributed by atoms with Crippen molar-refractivity contribution in [3.05, 3.63) is 54.6 Å². The Morgan fingerprint density at radius 3 is 2.77 bits per heavy atom. The zero-order valence-corrected chi connectivity index (χ0v) is 12.1. The zero-order chi connectivity index (χ0) is 15.7. The smallest absolute Gasteiger partial charge is 0.250 e. The van der Waals surface area contributed by atoms with Crippen LogP contribution in [0.3, 0.4) is 0 Å². The van der Waals surface area contributed by atoms with E-state index in [-0.39, 0.29) is 11.7 Å². The highest BCUT2D eigenvalue weighted by Gasteiger charge is 2.11. The number of hydrogen-bond acceptors (Lipinski definition) is 3. The van der Waals surface area contributed by atoms with Crippen LogP contribution < -0.4 is 5.32 Å². The van der Waals surface area contributed by atoms with Crippen molar-refractivity contribution >= 4 is 22.6 Å². The van der Waals surface area contributed by atoms with E-state index in [1.54, 1.807) is 19.1 Å². The molecule has 0 spiro atoms. The van der Waals surface area contributed by atoms with E-state index >= 15 is 0 Å². The number of rotatable bonds is 3. The van der Waals surface area contributed by atoms with Gasteiger partial charge in [-0.15, -0.1) is 0 Å². The van der Waals surface area contributed by atoms with Crippen LogP contribution in [0.15, 0.2) is 54.6 Å². The molecule has 1 amide bonds. The fourth-order valence-corrected chi connectivity index (χ4v) is 2.12. The second-order valence-electron chi connectivity index (χ2n) is 5.07. The molecule has 0 aliphatic rings. The first-order valence-corrected chi connectivity index (χ1v) is 6.79. The lowest BCUT2D eigenvalue weighted by atomic mass is 10.1. The number of phenols is 1. The molecule has 5 nitrogen and oxygen atoms in total. The summed E-state index contributed by atoms with van der Waals surface area (Å²) < 4.78 is 0. The minimum Gasteiger partial charge on any atom is -0.507 e. The van der Waals surface area contributed by atoms with Crippen molar-refractivity contribution in [1.82, 2.24) is 9.97 Å². The van der Waals surface area contributed by atoms with Gasteiger partial charge in [0, 0.05) is 11.3 Å². The van der Waals surface area contributed by atoms with E-state index in [1.165, 1.54) is 6.07 Å². The number of phenolic OH excluding ortho intramolecular Hbond substituents is 1. The van der Waals surface area contributed by atoms with Gasteiger partial charge >= 0.3 is 0 Å². The number of aromatic amines is 1. The molecule has 110 valence electrons. The summed E-state index contributed by atoms with van der Waals surface area (Å²) in [5, 5.41) is 12.8. The van der Waals surface area contributed by atoms with Crippen LogP contribution >= 0.6 is 0 Å². The molecule has 0 aliphatic heterocycles. The van der Waals surface area contributed by atoms with Gasteiger partial charge in [0.2, 0.25) is 0 Å². The van der Waals surface area contributed by atoms with E-state index in [4.69, 9.17) is 0 Å². The summed E-state index contributed by atoms with van der Waals surface area (Å²) in [6, 6.07) is 12.4. The van der Waals surface area contributed by atoms with Crippen LogP contribution in [0.4, 0.5) is 5.69 Å². The number of anilines is 1. The summed E-state index contributed by atoms with van der Waals surface area (Å²) in [6.45, 7) is 5.23. The highest BCUT2D eigenvalue weighted by Crippen LogP contribution is 2.31. The van der Waals surface area contributed by atoms with E-state index in [2.05, 4.69) is 21.9 Å². The summed E-state index contributed by atoms with van der Waals surface area (Å²) >= 11 is 0. The molecule has 0 radical (unpaired) electrons.